The van der Waals surface area contributed by atoms with E-state index >= 15 is 0 Å². The van der Waals surface area contributed by atoms with E-state index in [2.05, 4.69) is 15.6 Å². The van der Waals surface area contributed by atoms with Crippen LogP contribution in [0.4, 0.5) is 10.5 Å². The Morgan fingerprint density at radius 2 is 1.80 bits per heavy atom. The number of esters is 1. The van der Waals surface area contributed by atoms with Gasteiger partial charge in [0.2, 0.25) is 0 Å². The first-order valence-corrected chi connectivity index (χ1v) is 15.3. The van der Waals surface area contributed by atoms with Crippen molar-refractivity contribution in [3.05, 3.63) is 87.6 Å². The summed E-state index contributed by atoms with van der Waals surface area (Å²) in [6.45, 7) is 7.84. The summed E-state index contributed by atoms with van der Waals surface area (Å²) < 4.78 is 16.3. The highest BCUT2D eigenvalue weighted by atomic mass is 32.1. The number of nitrogens with zero attached hydrogens (tertiary/aromatic N) is 1. The van der Waals surface area contributed by atoms with Crippen molar-refractivity contribution in [2.24, 2.45) is 0 Å². The fraction of sp³-hybridized carbons (Fsp3) is 0.265. The minimum Gasteiger partial charge on any atom is -0.493 e. The number of pyridine rings is 1. The van der Waals surface area contributed by atoms with Crippen LogP contribution in [0.5, 0.6) is 5.75 Å². The Morgan fingerprint density at radius 1 is 1.02 bits per heavy atom. The summed E-state index contributed by atoms with van der Waals surface area (Å²) in [7, 11) is 1.17. The maximum atomic E-state index is 14.1. The number of hydrogen-bond donors (Lipinski definition) is 3. The van der Waals surface area contributed by atoms with E-state index in [1.807, 2.05) is 24.4 Å². The van der Waals surface area contributed by atoms with Gasteiger partial charge in [-0.1, -0.05) is 12.1 Å². The number of aromatic nitrogens is 1. The number of carboxylic acids is 1. The molecular weight excluding hydrogens is 610 g/mol. The lowest BCUT2D eigenvalue weighted by atomic mass is 9.93. The van der Waals surface area contributed by atoms with Crippen molar-refractivity contribution in [1.82, 2.24) is 10.3 Å². The number of amides is 2. The number of thiophene rings is 1. The van der Waals surface area contributed by atoms with Gasteiger partial charge < -0.3 is 30.0 Å². The zero-order valence-electron chi connectivity index (χ0n) is 26.0. The Bertz CT molecular complexity index is 1860. The number of hydrogen-bond acceptors (Lipinski definition) is 9. The fourth-order valence-electron chi connectivity index (χ4n) is 5.03. The van der Waals surface area contributed by atoms with Crippen LogP contribution in [0.2, 0.25) is 0 Å². The number of carbonyl (C=O) groups excluding carboxylic acids is 3. The highest BCUT2D eigenvalue weighted by molar-refractivity contribution is 7.13. The number of rotatable bonds is 7. The number of aromatic carboxylic acids is 1. The number of ether oxygens (including phenoxy) is 3. The number of alkyl carbamates (subject to hydrolysis) is 1. The molecule has 4 aromatic rings. The first-order chi connectivity index (χ1) is 21.8. The predicted octanol–water partition coefficient (Wildman–Crippen LogP) is 6.48. The lowest BCUT2D eigenvalue weighted by Gasteiger charge is -2.20. The molecule has 11 nitrogen and oxygen atoms in total. The van der Waals surface area contributed by atoms with Gasteiger partial charge in [0.05, 0.1) is 13.7 Å². The highest BCUT2D eigenvalue weighted by Crippen LogP contribution is 2.43. The zero-order valence-corrected chi connectivity index (χ0v) is 26.8. The summed E-state index contributed by atoms with van der Waals surface area (Å²) in [5, 5.41) is 17.2. The Hall–Kier alpha value is -5.23. The van der Waals surface area contributed by atoms with Gasteiger partial charge >= 0.3 is 18.0 Å². The van der Waals surface area contributed by atoms with E-state index in [1.165, 1.54) is 30.6 Å². The first-order valence-electron chi connectivity index (χ1n) is 14.4. The third-order valence-corrected chi connectivity index (χ3v) is 8.13. The minimum absolute atomic E-state index is 0.212. The molecule has 3 heterocycles. The second kappa shape index (κ2) is 13.0. The molecule has 2 aromatic carbocycles. The van der Waals surface area contributed by atoms with E-state index in [-0.39, 0.29) is 29.1 Å². The third kappa shape index (κ3) is 7.02. The van der Waals surface area contributed by atoms with Crippen LogP contribution in [0.3, 0.4) is 0 Å². The Morgan fingerprint density at radius 3 is 2.50 bits per heavy atom. The zero-order chi connectivity index (χ0) is 33.2. The number of anilines is 1. The molecule has 2 amide bonds. The Labute approximate surface area is 269 Å². The SMILES string of the molecule is COC(=O)c1nc(C(=O)O)ccc1-c1cc2c(cc1C(=O)Nc1ccc(CNC(=O)OC(C)(C)C)cc1C)-c1sccc1CCO2. The largest absolute Gasteiger partial charge is 0.493 e. The molecule has 0 spiro atoms. The van der Waals surface area contributed by atoms with Crippen LogP contribution < -0.4 is 15.4 Å². The number of benzene rings is 2. The smallest absolute Gasteiger partial charge is 0.407 e. The number of fused-ring (bicyclic) bond motifs is 3. The molecule has 0 saturated carbocycles. The maximum Gasteiger partial charge on any atom is 0.407 e. The van der Waals surface area contributed by atoms with Gasteiger partial charge in [-0.15, -0.1) is 11.3 Å². The number of carboxylic acid groups (broad SMARTS) is 1. The number of carbonyl (C=O) groups is 4. The number of aryl methyl sites for hydroxylation is 1. The summed E-state index contributed by atoms with van der Waals surface area (Å²) in [4.78, 5) is 55.7. The van der Waals surface area contributed by atoms with E-state index in [9.17, 15) is 24.3 Å². The molecule has 12 heteroatoms. The van der Waals surface area contributed by atoms with Gasteiger partial charge in [0, 0.05) is 45.8 Å². The molecule has 238 valence electrons. The fourth-order valence-corrected chi connectivity index (χ4v) is 6.01. The van der Waals surface area contributed by atoms with Gasteiger partial charge in [-0.05, 0) is 86.2 Å². The molecule has 1 aliphatic heterocycles. The van der Waals surface area contributed by atoms with Gasteiger partial charge in [-0.25, -0.2) is 19.4 Å². The molecule has 5 rings (SSSR count). The molecule has 0 aliphatic carbocycles. The first kappa shape index (κ1) is 32.2. The molecule has 46 heavy (non-hydrogen) atoms. The quantitative estimate of drug-likeness (QED) is 0.192. The van der Waals surface area contributed by atoms with Crippen molar-refractivity contribution in [1.29, 1.82) is 0 Å². The van der Waals surface area contributed by atoms with Crippen molar-refractivity contribution >= 4 is 41.0 Å². The maximum absolute atomic E-state index is 14.1. The van der Waals surface area contributed by atoms with Crippen molar-refractivity contribution in [2.75, 3.05) is 19.0 Å². The van der Waals surface area contributed by atoms with Gasteiger partial charge in [0.1, 0.15) is 17.0 Å². The van der Waals surface area contributed by atoms with Crippen LogP contribution in [0, 0.1) is 6.92 Å². The molecule has 0 saturated heterocycles. The van der Waals surface area contributed by atoms with Crippen LogP contribution in [-0.4, -0.2) is 53.3 Å². The van der Waals surface area contributed by atoms with Crippen molar-refractivity contribution < 1.29 is 38.5 Å². The van der Waals surface area contributed by atoms with Crippen molar-refractivity contribution in [3.63, 3.8) is 0 Å². The minimum atomic E-state index is -1.31. The number of methoxy groups -OCH3 is 1. The highest BCUT2D eigenvalue weighted by Gasteiger charge is 2.27. The summed E-state index contributed by atoms with van der Waals surface area (Å²) in [6.07, 6.45) is 0.148. The Balaban J connectivity index is 1.54. The molecule has 0 fully saturated rings. The lowest BCUT2D eigenvalue weighted by Crippen LogP contribution is -2.32. The van der Waals surface area contributed by atoms with E-state index < -0.39 is 29.5 Å². The second-order valence-electron chi connectivity index (χ2n) is 11.6. The summed E-state index contributed by atoms with van der Waals surface area (Å²) in [5.74, 6) is -2.12. The van der Waals surface area contributed by atoms with Gasteiger partial charge in [-0.2, -0.15) is 0 Å². The van der Waals surface area contributed by atoms with Crippen LogP contribution >= 0.6 is 11.3 Å². The lowest BCUT2D eigenvalue weighted by molar-refractivity contribution is 0.0521. The van der Waals surface area contributed by atoms with Gasteiger partial charge in [-0.3, -0.25) is 4.79 Å². The summed E-state index contributed by atoms with van der Waals surface area (Å²) >= 11 is 1.54. The third-order valence-electron chi connectivity index (χ3n) is 7.14. The molecule has 1 aliphatic rings. The summed E-state index contributed by atoms with van der Waals surface area (Å²) in [6, 6.07) is 13.5. The van der Waals surface area contributed by atoms with Crippen LogP contribution in [0.25, 0.3) is 21.6 Å². The normalized spacial score (nSPS) is 12.1. The molecule has 0 atom stereocenters. The average molecular weight is 644 g/mol. The molecular formula is C34H33N3O8S. The average Bonchev–Trinajstić information content (AvgIpc) is 3.40. The summed E-state index contributed by atoms with van der Waals surface area (Å²) in [5.41, 5.74) is 3.44. The van der Waals surface area contributed by atoms with Crippen LogP contribution in [0.1, 0.15) is 68.8 Å². The molecule has 0 radical (unpaired) electrons. The monoisotopic (exact) mass is 643 g/mol. The molecule has 0 unspecified atom stereocenters. The van der Waals surface area contributed by atoms with E-state index in [0.29, 0.717) is 30.0 Å². The second-order valence-corrected chi connectivity index (χ2v) is 12.5. The number of nitrogens with one attached hydrogen (secondary N) is 2. The standard InChI is InChI=1S/C34H33N3O8S/c1-18-14-19(17-35-33(42)45-34(2,3)4)6-8-25(18)37-30(38)23-15-24-27(44-12-10-20-11-13-46-29(20)24)16-22(23)21-7-9-26(31(39)40)36-28(21)32(41)43-5/h6-9,11,13-16H,10,12,17H2,1-5H3,(H,35,42)(H,37,38)(H,39,40). The van der Waals surface area contributed by atoms with Crippen molar-refractivity contribution in [2.45, 2.75) is 46.3 Å². The molecule has 3 N–H and O–H groups in total. The van der Waals surface area contributed by atoms with E-state index in [4.69, 9.17) is 14.2 Å². The van der Waals surface area contributed by atoms with Gasteiger partial charge in [0.15, 0.2) is 5.69 Å². The van der Waals surface area contributed by atoms with Crippen LogP contribution in [0.15, 0.2) is 53.9 Å². The predicted molar refractivity (Wildman–Crippen MR) is 173 cm³/mol. The van der Waals surface area contributed by atoms with E-state index in [0.717, 1.165) is 27.1 Å². The molecule has 2 aromatic heterocycles. The topological polar surface area (TPSA) is 153 Å². The van der Waals surface area contributed by atoms with Crippen molar-refractivity contribution in [3.8, 4) is 27.3 Å². The van der Waals surface area contributed by atoms with Crippen LogP contribution in [-0.2, 0) is 22.4 Å². The molecule has 0 bridgehead atoms. The van der Waals surface area contributed by atoms with E-state index in [1.54, 1.807) is 45.0 Å². The Kier molecular flexibility index (Phi) is 9.10. The van der Waals surface area contributed by atoms with Gasteiger partial charge in [0.25, 0.3) is 5.91 Å².